The van der Waals surface area contributed by atoms with Crippen LogP contribution in [0.3, 0.4) is 0 Å². The van der Waals surface area contributed by atoms with Crippen molar-refractivity contribution in [2.45, 2.75) is 19.6 Å². The van der Waals surface area contributed by atoms with Gasteiger partial charge in [-0.3, -0.25) is 0 Å². The topological polar surface area (TPSA) is 0 Å². The number of benzene rings is 1. The summed E-state index contributed by atoms with van der Waals surface area (Å²) >= 11 is 14.4. The van der Waals surface area contributed by atoms with Crippen molar-refractivity contribution in [3.63, 3.8) is 0 Å². The van der Waals surface area contributed by atoms with E-state index < -0.39 is 8.07 Å². The van der Waals surface area contributed by atoms with E-state index in [4.69, 9.17) is 23.2 Å². The predicted molar refractivity (Wildman–Crippen MR) is 90.9 cm³/mol. The molecule has 1 rings (SSSR count). The molecule has 0 nitrogen and oxygen atoms in total. The molecule has 0 radical (unpaired) electrons. The first kappa shape index (κ1) is 15.3. The van der Waals surface area contributed by atoms with Crippen molar-refractivity contribution >= 4 is 59.9 Å². The van der Waals surface area contributed by atoms with E-state index in [0.717, 1.165) is 5.56 Å². The van der Waals surface area contributed by atoms with Crippen molar-refractivity contribution in [1.82, 2.24) is 0 Å². The van der Waals surface area contributed by atoms with E-state index in [1.807, 2.05) is 18.2 Å². The van der Waals surface area contributed by atoms with Crippen LogP contribution in [0.25, 0.3) is 6.08 Å². The monoisotopic (exact) mass is 396 g/mol. The summed E-state index contributed by atoms with van der Waals surface area (Å²) in [6, 6.07) is 5.53. The van der Waals surface area contributed by atoms with Gasteiger partial charge in [0.25, 0.3) is 0 Å². The maximum atomic E-state index is 6.09. The average Bonchev–Trinajstić information content (AvgIpc) is 2.19. The fourth-order valence-electron chi connectivity index (χ4n) is 1.12. The van der Waals surface area contributed by atoms with Gasteiger partial charge in [-0.25, -0.2) is 0 Å². The van der Waals surface area contributed by atoms with E-state index in [-0.39, 0.29) is 0 Å². The molecule has 0 heterocycles. The van der Waals surface area contributed by atoms with E-state index in [0.29, 0.717) is 10.0 Å². The summed E-state index contributed by atoms with van der Waals surface area (Å²) in [5.41, 5.74) is 0.993. The number of rotatable bonds is 3. The van der Waals surface area contributed by atoms with Gasteiger partial charge in [0.05, 0.1) is 8.07 Å². The largest absolute Gasteiger partial charge is 0.0854 e. The van der Waals surface area contributed by atoms with Crippen LogP contribution in [0.5, 0.6) is 0 Å². The van der Waals surface area contributed by atoms with Gasteiger partial charge in [-0.1, -0.05) is 89.7 Å². The van der Waals surface area contributed by atoms with Crippen LogP contribution in [-0.2, 0) is 0 Å². The van der Waals surface area contributed by atoms with Crippen molar-refractivity contribution in [3.8, 4) is 0 Å². The summed E-state index contributed by atoms with van der Waals surface area (Å²) in [6.07, 6.45) is 6.23. The van der Waals surface area contributed by atoms with Gasteiger partial charge < -0.3 is 0 Å². The Kier molecular flexibility index (Phi) is 5.76. The first-order chi connectivity index (χ1) is 7.80. The molecule has 0 fully saturated rings. The molecule has 0 aliphatic carbocycles. The van der Waals surface area contributed by atoms with E-state index >= 15 is 0 Å². The van der Waals surface area contributed by atoms with E-state index in [2.05, 4.69) is 54.4 Å². The van der Waals surface area contributed by atoms with Crippen LogP contribution >= 0.6 is 45.8 Å². The van der Waals surface area contributed by atoms with Gasteiger partial charge in [0.2, 0.25) is 0 Å². The van der Waals surface area contributed by atoms with Gasteiger partial charge in [-0.2, -0.15) is 0 Å². The second kappa shape index (κ2) is 6.41. The van der Waals surface area contributed by atoms with Crippen LogP contribution < -0.4 is 0 Å². The molecular weight excluding hydrogens is 382 g/mol. The van der Waals surface area contributed by atoms with E-state index in [9.17, 15) is 0 Å². The highest BCUT2D eigenvalue weighted by Gasteiger charge is 2.15. The maximum Gasteiger partial charge on any atom is 0.0854 e. The molecule has 0 aliphatic rings. The standard InChI is InChI=1S/C13H15Cl2ISi/c1-17(2,3)13(16)6-4-5-10-7-8-11(14)9-12(10)15/h4-9H,1-3H3/b5-4+,13-6-. The number of hydrogen-bond acceptors (Lipinski definition) is 0. The van der Waals surface area contributed by atoms with Crippen molar-refractivity contribution < 1.29 is 0 Å². The minimum Gasteiger partial charge on any atom is -0.0843 e. The van der Waals surface area contributed by atoms with Crippen molar-refractivity contribution in [2.75, 3.05) is 0 Å². The molecule has 0 bridgehead atoms. The highest BCUT2D eigenvalue weighted by molar-refractivity contribution is 14.1. The summed E-state index contributed by atoms with van der Waals surface area (Å²) in [7, 11) is -1.18. The third-order valence-corrected chi connectivity index (χ3v) is 9.57. The maximum absolute atomic E-state index is 6.09. The van der Waals surface area contributed by atoms with Crippen molar-refractivity contribution in [2.24, 2.45) is 0 Å². The highest BCUT2D eigenvalue weighted by atomic mass is 127. The Morgan fingerprint density at radius 1 is 1.24 bits per heavy atom. The van der Waals surface area contributed by atoms with Crippen LogP contribution in [0, 0.1) is 0 Å². The molecule has 0 aliphatic heterocycles. The lowest BCUT2D eigenvalue weighted by atomic mass is 10.2. The second-order valence-corrected chi connectivity index (χ2v) is 12.9. The molecule has 0 aromatic heterocycles. The minimum atomic E-state index is -1.18. The Labute approximate surface area is 128 Å². The Hall–Kier alpha value is 0.227. The lowest BCUT2D eigenvalue weighted by Gasteiger charge is -2.13. The van der Waals surface area contributed by atoms with E-state index in [1.54, 1.807) is 6.07 Å². The average molecular weight is 397 g/mol. The van der Waals surface area contributed by atoms with Gasteiger partial charge >= 0.3 is 0 Å². The lowest BCUT2D eigenvalue weighted by molar-refractivity contribution is 1.65. The van der Waals surface area contributed by atoms with Crippen LogP contribution in [0.2, 0.25) is 29.7 Å². The molecule has 0 saturated heterocycles. The fourth-order valence-corrected chi connectivity index (χ4v) is 2.40. The summed E-state index contributed by atoms with van der Waals surface area (Å²) in [6.45, 7) is 6.98. The summed E-state index contributed by atoms with van der Waals surface area (Å²) in [5.74, 6) is 0. The Morgan fingerprint density at radius 2 is 1.88 bits per heavy atom. The molecule has 1 aromatic rings. The molecule has 0 unspecified atom stereocenters. The van der Waals surface area contributed by atoms with Gasteiger partial charge in [-0.15, -0.1) is 0 Å². The zero-order valence-corrected chi connectivity index (χ0v) is 14.8. The molecule has 92 valence electrons. The molecule has 4 heteroatoms. The summed E-state index contributed by atoms with van der Waals surface area (Å²) in [4.78, 5) is 0. The predicted octanol–water partition coefficient (Wildman–Crippen LogP) is 6.20. The van der Waals surface area contributed by atoms with Crippen LogP contribution in [-0.4, -0.2) is 8.07 Å². The molecular formula is C13H15Cl2ISi. The summed E-state index contributed by atoms with van der Waals surface area (Å²) < 4.78 is 1.44. The van der Waals surface area contributed by atoms with Gasteiger partial charge in [0, 0.05) is 10.0 Å². The number of hydrogen-bond donors (Lipinski definition) is 0. The Morgan fingerprint density at radius 3 is 2.41 bits per heavy atom. The molecule has 0 saturated carbocycles. The van der Waals surface area contributed by atoms with Crippen molar-refractivity contribution in [3.05, 3.63) is 49.2 Å². The quantitative estimate of drug-likeness (QED) is 0.324. The minimum absolute atomic E-state index is 0.666. The van der Waals surface area contributed by atoms with Crippen LogP contribution in [0.1, 0.15) is 5.56 Å². The SMILES string of the molecule is C[Si](C)(C)/C(I)=C\C=C\c1ccc(Cl)cc1Cl. The third kappa shape index (κ3) is 5.16. The number of allylic oxidation sites excluding steroid dienone is 2. The molecule has 1 aromatic carbocycles. The second-order valence-electron chi connectivity index (χ2n) is 4.79. The summed E-state index contributed by atoms with van der Waals surface area (Å²) in [5, 5.41) is 1.35. The van der Waals surface area contributed by atoms with Crippen LogP contribution in [0.4, 0.5) is 0 Å². The van der Waals surface area contributed by atoms with Gasteiger partial charge in [-0.05, 0) is 20.9 Å². The zero-order chi connectivity index (χ0) is 13.1. The third-order valence-electron chi connectivity index (χ3n) is 2.20. The van der Waals surface area contributed by atoms with E-state index in [1.165, 1.54) is 3.20 Å². The van der Waals surface area contributed by atoms with Crippen LogP contribution in [0.15, 0.2) is 33.6 Å². The van der Waals surface area contributed by atoms with Crippen molar-refractivity contribution in [1.29, 1.82) is 0 Å². The first-order valence-electron chi connectivity index (χ1n) is 5.30. The molecule has 17 heavy (non-hydrogen) atoms. The lowest BCUT2D eigenvalue weighted by Crippen LogP contribution is -2.19. The normalized spacial score (nSPS) is 13.4. The van der Waals surface area contributed by atoms with Gasteiger partial charge in [0.1, 0.15) is 0 Å². The highest BCUT2D eigenvalue weighted by Crippen LogP contribution is 2.24. The van der Waals surface area contributed by atoms with Gasteiger partial charge in [0.15, 0.2) is 0 Å². The smallest absolute Gasteiger partial charge is 0.0843 e. The number of halogens is 3. The zero-order valence-electron chi connectivity index (χ0n) is 10.1. The Bertz CT molecular complexity index is 459. The molecule has 0 spiro atoms. The Balaban J connectivity index is 2.85. The molecule has 0 N–H and O–H groups in total. The first-order valence-corrected chi connectivity index (χ1v) is 10.6. The molecule has 0 amide bonds. The fraction of sp³-hybridized carbons (Fsp3) is 0.231. The molecule has 0 atom stereocenters.